The number of rotatable bonds is 8. The van der Waals surface area contributed by atoms with Crippen molar-refractivity contribution < 1.29 is 23.4 Å². The number of hydrogen-bond donors (Lipinski definition) is 3. The smallest absolute Gasteiger partial charge is 0.255 e. The van der Waals surface area contributed by atoms with Crippen molar-refractivity contribution in [2.45, 2.75) is 44.0 Å². The third-order valence-electron chi connectivity index (χ3n) is 7.89. The van der Waals surface area contributed by atoms with Gasteiger partial charge in [-0.15, -0.1) is 24.8 Å². The average Bonchev–Trinajstić information content (AvgIpc) is 3.65. The molecule has 0 aliphatic carbocycles. The Morgan fingerprint density at radius 3 is 2.71 bits per heavy atom. The van der Waals surface area contributed by atoms with Crippen LogP contribution < -0.4 is 15.4 Å². The summed E-state index contributed by atoms with van der Waals surface area (Å²) in [6.45, 7) is 3.36. The second-order valence-corrected chi connectivity index (χ2v) is 11.6. The minimum atomic E-state index is -0.685. The molecule has 13 heteroatoms. The number of benzene rings is 2. The van der Waals surface area contributed by atoms with E-state index in [4.69, 9.17) is 9.72 Å². The number of thiazole rings is 1. The number of fused-ring (bicyclic) bond motifs is 3. The summed E-state index contributed by atoms with van der Waals surface area (Å²) in [6, 6.07) is 8.56. The topological polar surface area (TPSA) is 91.1 Å². The summed E-state index contributed by atoms with van der Waals surface area (Å²) in [7, 11) is 1.54. The number of piperidine rings is 1. The molecule has 42 heavy (non-hydrogen) atoms. The molecule has 2 aliphatic heterocycles. The largest absolute Gasteiger partial charge is 0.496 e. The number of aromatic nitrogens is 2. The van der Waals surface area contributed by atoms with Gasteiger partial charge in [0, 0.05) is 55.6 Å². The second kappa shape index (κ2) is 13.8. The zero-order valence-corrected chi connectivity index (χ0v) is 25.6. The number of amides is 1. The van der Waals surface area contributed by atoms with Crippen LogP contribution in [0.3, 0.4) is 0 Å². The van der Waals surface area contributed by atoms with Crippen molar-refractivity contribution in [1.82, 2.24) is 24.9 Å². The molecule has 3 N–H and O–H groups in total. The number of nitrogens with zero attached hydrogens (tertiary/aromatic N) is 3. The first kappa shape index (κ1) is 32.4. The Balaban J connectivity index is 0.00000202. The molecule has 0 bridgehead atoms. The molecule has 0 spiro atoms. The summed E-state index contributed by atoms with van der Waals surface area (Å²) in [6.07, 6.45) is 3.18. The Kier molecular flexibility index (Phi) is 10.7. The highest BCUT2D eigenvalue weighted by Gasteiger charge is 2.26. The van der Waals surface area contributed by atoms with E-state index in [1.54, 1.807) is 6.07 Å². The highest BCUT2D eigenvalue weighted by Crippen LogP contribution is 2.35. The SMILES string of the molecule is COc1cc2c(cc1C(=O)NCCCN1CCC(F)CC1)sc1nc(-c3ccc([C@H]4C[C@H](O)CN4)c(F)c3)cn12.Cl.Cl. The number of alkyl halides is 1. The number of carbonyl (C=O) groups excluding carboxylic acids is 1. The number of methoxy groups -OCH3 is 1. The van der Waals surface area contributed by atoms with Crippen molar-refractivity contribution >= 4 is 57.2 Å². The fourth-order valence-electron chi connectivity index (χ4n) is 5.66. The Labute approximate surface area is 259 Å². The molecule has 2 aliphatic rings. The number of aliphatic hydroxyl groups is 1. The standard InChI is InChI=1S/C29H33F2N5O3S.2ClH/c1-39-26-14-25-27(13-21(26)28(38)32-7-2-8-35-9-5-18(30)6-10-35)40-29-34-24(16-36(25)29)17-3-4-20(22(31)11-17)23-12-19(37)15-33-23;;/h3-4,11,13-14,16,18-19,23,33,37H,2,5-10,12,15H2,1H3,(H,32,38);2*1H/t19-,23+;;/m0../s1. The summed E-state index contributed by atoms with van der Waals surface area (Å²) < 4.78 is 36.7. The fraction of sp³-hybridized carbons (Fsp3) is 0.448. The van der Waals surface area contributed by atoms with E-state index in [1.165, 1.54) is 24.5 Å². The van der Waals surface area contributed by atoms with E-state index in [1.807, 2.05) is 28.8 Å². The van der Waals surface area contributed by atoms with Gasteiger partial charge in [0.2, 0.25) is 0 Å². The van der Waals surface area contributed by atoms with Crippen molar-refractivity contribution in [1.29, 1.82) is 0 Å². The molecule has 2 saturated heterocycles. The van der Waals surface area contributed by atoms with Gasteiger partial charge in [0.1, 0.15) is 17.7 Å². The lowest BCUT2D eigenvalue weighted by molar-refractivity contribution is 0.0947. The van der Waals surface area contributed by atoms with Crippen LogP contribution in [-0.4, -0.2) is 77.4 Å². The van der Waals surface area contributed by atoms with Crippen LogP contribution in [0.2, 0.25) is 0 Å². The third kappa shape index (κ3) is 6.66. The summed E-state index contributed by atoms with van der Waals surface area (Å²) >= 11 is 1.45. The Bertz CT molecular complexity index is 1540. The van der Waals surface area contributed by atoms with Crippen molar-refractivity contribution in [3.8, 4) is 17.0 Å². The Morgan fingerprint density at radius 2 is 2.02 bits per heavy atom. The molecule has 2 atom stereocenters. The summed E-state index contributed by atoms with van der Waals surface area (Å²) in [5.74, 6) is -0.0636. The molecule has 1 amide bonds. The molecule has 6 rings (SSSR count). The molecule has 228 valence electrons. The van der Waals surface area contributed by atoms with Gasteiger partial charge in [-0.25, -0.2) is 13.8 Å². The minimum Gasteiger partial charge on any atom is -0.496 e. The monoisotopic (exact) mass is 641 g/mol. The van der Waals surface area contributed by atoms with Gasteiger partial charge < -0.3 is 25.4 Å². The average molecular weight is 643 g/mol. The predicted octanol–water partition coefficient (Wildman–Crippen LogP) is 5.16. The van der Waals surface area contributed by atoms with Crippen LogP contribution in [0.5, 0.6) is 5.75 Å². The lowest BCUT2D eigenvalue weighted by atomic mass is 10.0. The lowest BCUT2D eigenvalue weighted by Gasteiger charge is -2.28. The van der Waals surface area contributed by atoms with Crippen LogP contribution in [0.4, 0.5) is 8.78 Å². The highest BCUT2D eigenvalue weighted by atomic mass is 35.5. The van der Waals surface area contributed by atoms with Gasteiger partial charge in [0.25, 0.3) is 5.91 Å². The van der Waals surface area contributed by atoms with Gasteiger partial charge in [0.15, 0.2) is 4.96 Å². The number of β-amino-alcohol motifs (C(OH)–C–C–N with tert-alkyl or cyclic N) is 1. The number of ether oxygens (including phenoxy) is 1. The third-order valence-corrected chi connectivity index (χ3v) is 8.91. The zero-order valence-electron chi connectivity index (χ0n) is 23.1. The van der Waals surface area contributed by atoms with Crippen LogP contribution in [-0.2, 0) is 0 Å². The number of imidazole rings is 1. The molecule has 4 heterocycles. The molecule has 2 aromatic carbocycles. The van der Waals surface area contributed by atoms with Gasteiger partial charge >= 0.3 is 0 Å². The molecule has 2 aromatic heterocycles. The number of nitrogens with one attached hydrogen (secondary N) is 2. The number of likely N-dealkylation sites (tertiary alicyclic amines) is 1. The molecule has 2 fully saturated rings. The van der Waals surface area contributed by atoms with E-state index < -0.39 is 12.3 Å². The van der Waals surface area contributed by atoms with Crippen LogP contribution in [0, 0.1) is 5.82 Å². The Hall–Kier alpha value is -2.54. The predicted molar refractivity (Wildman–Crippen MR) is 166 cm³/mol. The quantitative estimate of drug-likeness (QED) is 0.230. The molecule has 0 saturated carbocycles. The van der Waals surface area contributed by atoms with Gasteiger partial charge in [-0.05, 0) is 44.4 Å². The van der Waals surface area contributed by atoms with Crippen LogP contribution >= 0.6 is 36.2 Å². The summed E-state index contributed by atoms with van der Waals surface area (Å²) in [5, 5.41) is 15.9. The zero-order chi connectivity index (χ0) is 27.8. The van der Waals surface area contributed by atoms with E-state index in [0.717, 1.165) is 41.2 Å². The van der Waals surface area contributed by atoms with E-state index in [9.17, 15) is 18.7 Å². The molecular weight excluding hydrogens is 607 g/mol. The molecule has 4 aromatic rings. The maximum atomic E-state index is 15.0. The van der Waals surface area contributed by atoms with Gasteiger partial charge in [-0.1, -0.05) is 23.5 Å². The first-order valence-corrected chi connectivity index (χ1v) is 14.6. The molecule has 8 nitrogen and oxygen atoms in total. The maximum Gasteiger partial charge on any atom is 0.255 e. The normalized spacial score (nSPS) is 19.5. The molecule has 0 radical (unpaired) electrons. The Morgan fingerprint density at radius 1 is 1.24 bits per heavy atom. The van der Waals surface area contributed by atoms with Gasteiger partial charge in [-0.3, -0.25) is 9.20 Å². The van der Waals surface area contributed by atoms with E-state index in [0.29, 0.717) is 60.5 Å². The molecule has 0 unspecified atom stereocenters. The van der Waals surface area contributed by atoms with Crippen LogP contribution in [0.15, 0.2) is 36.5 Å². The van der Waals surface area contributed by atoms with Crippen molar-refractivity contribution in [2.24, 2.45) is 0 Å². The summed E-state index contributed by atoms with van der Waals surface area (Å²) in [5.41, 5.74) is 3.17. The van der Waals surface area contributed by atoms with Gasteiger partial charge in [0.05, 0.1) is 34.7 Å². The number of halogens is 4. The first-order chi connectivity index (χ1) is 19.4. The van der Waals surface area contributed by atoms with E-state index >= 15 is 0 Å². The summed E-state index contributed by atoms with van der Waals surface area (Å²) in [4.78, 5) is 20.7. The van der Waals surface area contributed by atoms with Crippen LogP contribution in [0.1, 0.15) is 47.6 Å². The van der Waals surface area contributed by atoms with Crippen molar-refractivity contribution in [3.05, 3.63) is 53.5 Å². The number of aliphatic hydroxyl groups excluding tert-OH is 1. The second-order valence-electron chi connectivity index (χ2n) is 10.6. The van der Waals surface area contributed by atoms with E-state index in [-0.39, 0.29) is 42.6 Å². The van der Waals surface area contributed by atoms with Crippen molar-refractivity contribution in [3.63, 3.8) is 0 Å². The van der Waals surface area contributed by atoms with E-state index in [2.05, 4.69) is 15.5 Å². The fourth-order valence-corrected chi connectivity index (χ4v) is 6.69. The number of carbonyl (C=O) groups is 1. The lowest BCUT2D eigenvalue weighted by Crippen LogP contribution is -2.36. The molecular formula is C29H35Cl2F2N5O3S. The maximum absolute atomic E-state index is 15.0. The van der Waals surface area contributed by atoms with Gasteiger partial charge in [-0.2, -0.15) is 0 Å². The van der Waals surface area contributed by atoms with Crippen LogP contribution in [0.25, 0.3) is 26.4 Å². The van der Waals surface area contributed by atoms with Crippen molar-refractivity contribution in [2.75, 3.05) is 39.8 Å². The number of hydrogen-bond acceptors (Lipinski definition) is 7. The first-order valence-electron chi connectivity index (χ1n) is 13.7. The minimum absolute atomic E-state index is 0. The highest BCUT2D eigenvalue weighted by molar-refractivity contribution is 7.23.